The van der Waals surface area contributed by atoms with Crippen LogP contribution in [0.2, 0.25) is 0 Å². The number of pyridine rings is 1. The zero-order valence-corrected chi connectivity index (χ0v) is 27.5. The van der Waals surface area contributed by atoms with Crippen LogP contribution in [0.3, 0.4) is 0 Å². The van der Waals surface area contributed by atoms with Gasteiger partial charge in [0.05, 0.1) is 6.61 Å². The number of rotatable bonds is 26. The summed E-state index contributed by atoms with van der Waals surface area (Å²) in [6.07, 6.45) is 14.6. The summed E-state index contributed by atoms with van der Waals surface area (Å²) >= 11 is 0. The molecule has 0 aliphatic carbocycles. The molecular formula is C35H54N6O5. The van der Waals surface area contributed by atoms with Gasteiger partial charge >= 0.3 is 0 Å². The van der Waals surface area contributed by atoms with Crippen LogP contribution in [0.5, 0.6) is 5.75 Å². The number of aromatic nitrogens is 1. The minimum Gasteiger partial charge on any atom is -0.494 e. The van der Waals surface area contributed by atoms with Gasteiger partial charge in [0.1, 0.15) is 5.75 Å². The number of benzene rings is 1. The number of carbonyl (C=O) groups is 4. The third-order valence-electron chi connectivity index (χ3n) is 7.41. The summed E-state index contributed by atoms with van der Waals surface area (Å²) in [4.78, 5) is 52.7. The molecule has 1 atom stereocenters. The van der Waals surface area contributed by atoms with Crippen molar-refractivity contribution in [2.45, 2.75) is 109 Å². The van der Waals surface area contributed by atoms with E-state index in [1.54, 1.807) is 30.5 Å². The number of anilines is 1. The molecule has 0 saturated carbocycles. The highest BCUT2D eigenvalue weighted by Crippen LogP contribution is 2.17. The SMILES string of the molecule is CCCCCCCCCCCCNC(=O)CCCOc1ccc(NC(NC(=O)CCC(N)=O)C(=O)NCCc2ccccn2)cc1. The molecule has 11 heteroatoms. The topological polar surface area (TPSA) is 165 Å². The average molecular weight is 639 g/mol. The first-order valence-corrected chi connectivity index (χ1v) is 16.9. The van der Waals surface area contributed by atoms with Crippen LogP contribution in [0.15, 0.2) is 48.7 Å². The van der Waals surface area contributed by atoms with Gasteiger partial charge in [0.2, 0.25) is 17.7 Å². The standard InChI is InChI=1S/C35H54N6O5/c1-2-3-4-5-6-7-8-9-10-12-25-38-32(43)16-14-27-46-30-19-17-29(18-20-30)40-34(41-33(44)22-21-31(36)42)35(45)39-26-23-28-15-11-13-24-37-28/h11,13,15,17-20,24,34,40H,2-10,12,14,16,21-23,25-27H2,1H3,(H2,36,42)(H,38,43)(H,39,45)(H,41,44). The summed E-state index contributed by atoms with van der Waals surface area (Å²) in [5, 5.41) is 11.4. The normalized spacial score (nSPS) is 11.3. The van der Waals surface area contributed by atoms with Crippen molar-refractivity contribution in [1.82, 2.24) is 20.9 Å². The maximum absolute atomic E-state index is 12.9. The molecule has 46 heavy (non-hydrogen) atoms. The van der Waals surface area contributed by atoms with Crippen molar-refractivity contribution >= 4 is 29.3 Å². The molecule has 0 aliphatic heterocycles. The predicted octanol–water partition coefficient (Wildman–Crippen LogP) is 4.76. The van der Waals surface area contributed by atoms with Gasteiger partial charge < -0.3 is 31.7 Å². The van der Waals surface area contributed by atoms with E-state index in [4.69, 9.17) is 10.5 Å². The van der Waals surface area contributed by atoms with E-state index < -0.39 is 23.9 Å². The van der Waals surface area contributed by atoms with E-state index in [0.717, 1.165) is 25.1 Å². The molecule has 6 N–H and O–H groups in total. The Labute approximate surface area is 274 Å². The second-order valence-electron chi connectivity index (χ2n) is 11.5. The molecule has 1 heterocycles. The monoisotopic (exact) mass is 638 g/mol. The molecule has 2 rings (SSSR count). The maximum atomic E-state index is 12.9. The number of hydrogen-bond acceptors (Lipinski definition) is 7. The molecule has 1 aromatic heterocycles. The minimum atomic E-state index is -1.07. The number of primary amides is 1. The summed E-state index contributed by atoms with van der Waals surface area (Å²) in [5.41, 5.74) is 6.57. The van der Waals surface area contributed by atoms with Crippen molar-refractivity contribution in [3.8, 4) is 5.75 Å². The van der Waals surface area contributed by atoms with E-state index in [0.29, 0.717) is 43.9 Å². The molecule has 0 fully saturated rings. The molecule has 11 nitrogen and oxygen atoms in total. The van der Waals surface area contributed by atoms with Gasteiger partial charge in [-0.05, 0) is 49.2 Å². The molecule has 1 unspecified atom stereocenters. The summed E-state index contributed by atoms with van der Waals surface area (Å²) < 4.78 is 5.78. The largest absolute Gasteiger partial charge is 0.494 e. The van der Waals surface area contributed by atoms with Crippen molar-refractivity contribution in [2.75, 3.05) is 25.0 Å². The molecule has 0 radical (unpaired) electrons. The van der Waals surface area contributed by atoms with Gasteiger partial charge in [-0.25, -0.2) is 0 Å². The van der Waals surface area contributed by atoms with Crippen LogP contribution in [0.1, 0.15) is 103 Å². The zero-order valence-electron chi connectivity index (χ0n) is 27.5. The van der Waals surface area contributed by atoms with Crippen LogP contribution < -0.4 is 31.7 Å². The van der Waals surface area contributed by atoms with Gasteiger partial charge in [0.15, 0.2) is 6.17 Å². The predicted molar refractivity (Wildman–Crippen MR) is 181 cm³/mol. The highest BCUT2D eigenvalue weighted by molar-refractivity contribution is 5.90. The van der Waals surface area contributed by atoms with Crippen molar-refractivity contribution in [1.29, 1.82) is 0 Å². The summed E-state index contributed by atoms with van der Waals surface area (Å²) in [5.74, 6) is -0.849. The highest BCUT2D eigenvalue weighted by atomic mass is 16.5. The number of ether oxygens (including phenoxy) is 1. The Hall–Kier alpha value is -4.15. The fourth-order valence-corrected chi connectivity index (χ4v) is 4.76. The lowest BCUT2D eigenvalue weighted by Gasteiger charge is -2.21. The van der Waals surface area contributed by atoms with Crippen molar-refractivity contribution in [2.24, 2.45) is 5.73 Å². The number of nitrogens with two attached hydrogens (primary N) is 1. The molecule has 0 saturated heterocycles. The van der Waals surface area contributed by atoms with E-state index in [2.05, 4.69) is 33.2 Å². The molecule has 0 aliphatic rings. The fraction of sp³-hybridized carbons (Fsp3) is 0.571. The second-order valence-corrected chi connectivity index (χ2v) is 11.5. The fourth-order valence-electron chi connectivity index (χ4n) is 4.76. The Kier molecular flexibility index (Phi) is 20.0. The van der Waals surface area contributed by atoms with Crippen LogP contribution in [0, 0.1) is 0 Å². The Balaban J connectivity index is 1.67. The number of nitrogens with zero attached hydrogens (tertiary/aromatic N) is 1. The molecule has 0 spiro atoms. The van der Waals surface area contributed by atoms with Crippen LogP contribution in [-0.2, 0) is 25.6 Å². The molecule has 4 amide bonds. The number of carbonyl (C=O) groups excluding carboxylic acids is 4. The average Bonchev–Trinajstić information content (AvgIpc) is 3.05. The van der Waals surface area contributed by atoms with E-state index in [1.165, 1.54) is 51.4 Å². The molecule has 1 aromatic carbocycles. The van der Waals surface area contributed by atoms with Crippen molar-refractivity contribution < 1.29 is 23.9 Å². The zero-order chi connectivity index (χ0) is 33.2. The first-order chi connectivity index (χ1) is 22.4. The third kappa shape index (κ3) is 18.6. The van der Waals surface area contributed by atoms with Gasteiger partial charge in [-0.2, -0.15) is 0 Å². The highest BCUT2D eigenvalue weighted by Gasteiger charge is 2.21. The molecular weight excluding hydrogens is 584 g/mol. The number of hydrogen-bond donors (Lipinski definition) is 5. The van der Waals surface area contributed by atoms with Gasteiger partial charge in [0, 0.05) is 56.4 Å². The maximum Gasteiger partial charge on any atom is 0.263 e. The molecule has 2 aromatic rings. The second kappa shape index (κ2) is 24.1. The summed E-state index contributed by atoms with van der Waals surface area (Å²) in [6.45, 7) is 3.69. The lowest BCUT2D eigenvalue weighted by molar-refractivity contribution is -0.129. The van der Waals surface area contributed by atoms with E-state index in [-0.39, 0.29) is 18.7 Å². The van der Waals surface area contributed by atoms with E-state index in [1.807, 2.05) is 18.2 Å². The Bertz CT molecular complexity index is 1150. The first-order valence-electron chi connectivity index (χ1n) is 16.9. The van der Waals surface area contributed by atoms with Gasteiger partial charge in [-0.15, -0.1) is 0 Å². The number of nitrogens with one attached hydrogen (secondary N) is 4. The lowest BCUT2D eigenvalue weighted by atomic mass is 10.1. The van der Waals surface area contributed by atoms with Crippen molar-refractivity contribution in [3.05, 3.63) is 54.4 Å². The quantitative estimate of drug-likeness (QED) is 0.0733. The smallest absolute Gasteiger partial charge is 0.263 e. The minimum absolute atomic E-state index is 0.0429. The number of amides is 4. The van der Waals surface area contributed by atoms with Crippen LogP contribution in [0.4, 0.5) is 5.69 Å². The third-order valence-corrected chi connectivity index (χ3v) is 7.41. The van der Waals surface area contributed by atoms with E-state index >= 15 is 0 Å². The summed E-state index contributed by atoms with van der Waals surface area (Å²) in [6, 6.07) is 12.5. The Morgan fingerprint density at radius 2 is 1.46 bits per heavy atom. The molecule has 254 valence electrons. The van der Waals surface area contributed by atoms with Gasteiger partial charge in [-0.3, -0.25) is 24.2 Å². The first kappa shape index (κ1) is 38.0. The Morgan fingerprint density at radius 1 is 0.761 bits per heavy atom. The molecule has 0 bridgehead atoms. The lowest BCUT2D eigenvalue weighted by Crippen LogP contribution is -2.51. The van der Waals surface area contributed by atoms with Crippen LogP contribution >= 0.6 is 0 Å². The van der Waals surface area contributed by atoms with Gasteiger partial charge in [0.25, 0.3) is 5.91 Å². The van der Waals surface area contributed by atoms with Crippen LogP contribution in [0.25, 0.3) is 0 Å². The Morgan fingerprint density at radius 3 is 2.11 bits per heavy atom. The van der Waals surface area contributed by atoms with E-state index in [9.17, 15) is 19.2 Å². The summed E-state index contributed by atoms with van der Waals surface area (Å²) in [7, 11) is 0. The van der Waals surface area contributed by atoms with Gasteiger partial charge in [-0.1, -0.05) is 70.8 Å². The van der Waals surface area contributed by atoms with Crippen molar-refractivity contribution in [3.63, 3.8) is 0 Å². The van der Waals surface area contributed by atoms with Crippen LogP contribution in [-0.4, -0.2) is 54.5 Å². The number of unbranched alkanes of at least 4 members (excludes halogenated alkanes) is 9.